The Balaban J connectivity index is 1.34. The summed E-state index contributed by atoms with van der Waals surface area (Å²) in [6.07, 6.45) is 13.9. The number of ether oxygens (including phenoxy) is 1. The van der Waals surface area contributed by atoms with E-state index in [0.717, 1.165) is 89.5 Å². The molecule has 1 aromatic rings. The van der Waals surface area contributed by atoms with E-state index < -0.39 is 10.0 Å². The molecule has 1 atom stereocenters. The topological polar surface area (TPSA) is 113 Å². The van der Waals surface area contributed by atoms with E-state index in [4.69, 9.17) is 9.57 Å². The van der Waals surface area contributed by atoms with E-state index in [1.165, 1.54) is 4.47 Å². The number of unbranched alkanes of at least 4 members (excludes halogenated alkanes) is 3. The fourth-order valence-corrected chi connectivity index (χ4v) is 6.90. The zero-order chi connectivity index (χ0) is 27.8. The first-order chi connectivity index (χ1) is 19.0. The third kappa shape index (κ3) is 12.1. The number of sulfonamides is 1. The summed E-state index contributed by atoms with van der Waals surface area (Å²) in [5.74, 6) is 0.0959. The number of aromatic nitrogens is 1. The zero-order valence-electron chi connectivity index (χ0n) is 23.7. The van der Waals surface area contributed by atoms with Crippen molar-refractivity contribution in [2.45, 2.75) is 96.2 Å². The number of hydroxylamine groups is 1. The van der Waals surface area contributed by atoms with Crippen LogP contribution < -0.4 is 10.6 Å². The highest BCUT2D eigenvalue weighted by Gasteiger charge is 2.32. The van der Waals surface area contributed by atoms with Gasteiger partial charge in [-0.05, 0) is 43.7 Å². The second kappa shape index (κ2) is 17.8. The molecule has 1 saturated heterocycles. The number of amides is 2. The fraction of sp³-hybridized carbons (Fsp3) is 0.786. The van der Waals surface area contributed by atoms with E-state index in [9.17, 15) is 13.2 Å². The van der Waals surface area contributed by atoms with Crippen molar-refractivity contribution < 1.29 is 22.8 Å². The largest absolute Gasteiger partial charge is 0.376 e. The van der Waals surface area contributed by atoms with Gasteiger partial charge in [0.05, 0.1) is 31.1 Å². The van der Waals surface area contributed by atoms with Gasteiger partial charge in [-0.3, -0.25) is 14.7 Å². The Hall–Kier alpha value is -1.79. The van der Waals surface area contributed by atoms with E-state index in [0.29, 0.717) is 32.7 Å². The van der Waals surface area contributed by atoms with Crippen LogP contribution in [0, 0.1) is 0 Å². The standard InChI is InChI=1S/C28H49N5O5S/c1-2-11-27-24-32(17-19-37-27)18-20-38-33(26-13-6-5-7-14-26)39(35,36)21-9-4-3-8-16-30-28(34)31-23-25-12-10-15-29-22-25/h10,12,15,22,26-27H,2-9,11,13-14,16-21,23-24H2,1H3,(H2,30,31,34). The van der Waals surface area contributed by atoms with E-state index in [1.54, 1.807) is 12.4 Å². The molecule has 2 aliphatic rings. The molecule has 1 aliphatic heterocycles. The van der Waals surface area contributed by atoms with Crippen molar-refractivity contribution in [2.24, 2.45) is 0 Å². The van der Waals surface area contributed by atoms with Crippen LogP contribution in [0.4, 0.5) is 4.79 Å². The van der Waals surface area contributed by atoms with Crippen LogP contribution in [0.15, 0.2) is 24.5 Å². The summed E-state index contributed by atoms with van der Waals surface area (Å²) < 4.78 is 33.8. The van der Waals surface area contributed by atoms with Crippen molar-refractivity contribution in [2.75, 3.05) is 45.1 Å². The van der Waals surface area contributed by atoms with Crippen LogP contribution in [0.1, 0.15) is 83.1 Å². The lowest BCUT2D eigenvalue weighted by Crippen LogP contribution is -2.46. The molecule has 0 radical (unpaired) electrons. The van der Waals surface area contributed by atoms with Crippen molar-refractivity contribution in [3.8, 4) is 0 Å². The Bertz CT molecular complexity index is 912. The van der Waals surface area contributed by atoms with E-state index in [1.807, 2.05) is 12.1 Å². The van der Waals surface area contributed by atoms with Crippen LogP contribution in [-0.2, 0) is 26.1 Å². The van der Waals surface area contributed by atoms with Gasteiger partial charge in [0.15, 0.2) is 0 Å². The van der Waals surface area contributed by atoms with Crippen molar-refractivity contribution in [1.29, 1.82) is 0 Å². The van der Waals surface area contributed by atoms with Crippen LogP contribution in [0.5, 0.6) is 0 Å². The van der Waals surface area contributed by atoms with E-state index >= 15 is 0 Å². The van der Waals surface area contributed by atoms with Crippen molar-refractivity contribution in [1.82, 2.24) is 25.0 Å². The first-order valence-corrected chi connectivity index (χ1v) is 16.5. The van der Waals surface area contributed by atoms with Crippen LogP contribution in [0.2, 0.25) is 0 Å². The summed E-state index contributed by atoms with van der Waals surface area (Å²) >= 11 is 0. The maximum absolute atomic E-state index is 13.3. The fourth-order valence-electron chi connectivity index (χ4n) is 5.25. The number of carbonyl (C=O) groups excluding carboxylic acids is 1. The SMILES string of the molecule is CCCC1CN(CCON(C2CCCCC2)S(=O)(=O)CCCCCCNC(=O)NCc2cccnc2)CCO1. The monoisotopic (exact) mass is 567 g/mol. The van der Waals surface area contributed by atoms with Crippen LogP contribution >= 0.6 is 0 Å². The second-order valence-corrected chi connectivity index (χ2v) is 12.6. The van der Waals surface area contributed by atoms with Crippen LogP contribution in [0.25, 0.3) is 0 Å². The summed E-state index contributed by atoms with van der Waals surface area (Å²) in [5, 5.41) is 5.66. The first-order valence-electron chi connectivity index (χ1n) is 14.9. The van der Waals surface area contributed by atoms with Gasteiger partial charge < -0.3 is 15.4 Å². The summed E-state index contributed by atoms with van der Waals surface area (Å²) in [7, 11) is -3.50. The molecule has 0 spiro atoms. The minimum Gasteiger partial charge on any atom is -0.376 e. The molecule has 1 saturated carbocycles. The number of nitrogens with zero attached hydrogens (tertiary/aromatic N) is 3. The molecule has 10 nitrogen and oxygen atoms in total. The molecule has 2 fully saturated rings. The van der Waals surface area contributed by atoms with Crippen molar-refractivity contribution in [3.05, 3.63) is 30.1 Å². The Morgan fingerprint density at radius 3 is 2.77 bits per heavy atom. The Kier molecular flexibility index (Phi) is 14.5. The Labute approximate surface area is 235 Å². The molecule has 2 amide bonds. The smallest absolute Gasteiger partial charge is 0.315 e. The molecule has 1 unspecified atom stereocenters. The third-order valence-corrected chi connectivity index (χ3v) is 9.15. The van der Waals surface area contributed by atoms with Gasteiger partial charge in [0, 0.05) is 45.1 Å². The summed E-state index contributed by atoms with van der Waals surface area (Å²) in [6, 6.07) is 3.48. The van der Waals surface area contributed by atoms with Crippen LogP contribution in [0.3, 0.4) is 0 Å². The molecule has 0 aromatic carbocycles. The quantitative estimate of drug-likeness (QED) is 0.217. The predicted octanol–water partition coefficient (Wildman–Crippen LogP) is 3.84. The van der Waals surface area contributed by atoms with Gasteiger partial charge in [-0.25, -0.2) is 13.2 Å². The average molecular weight is 568 g/mol. The molecule has 39 heavy (non-hydrogen) atoms. The maximum atomic E-state index is 13.3. The predicted molar refractivity (Wildman–Crippen MR) is 152 cm³/mol. The van der Waals surface area contributed by atoms with E-state index in [2.05, 4.69) is 27.4 Å². The number of hydrogen-bond acceptors (Lipinski definition) is 7. The number of urea groups is 1. The lowest BCUT2D eigenvalue weighted by atomic mass is 9.96. The molecule has 2 heterocycles. The molecule has 3 rings (SSSR count). The summed E-state index contributed by atoms with van der Waals surface area (Å²) in [4.78, 5) is 24.3. The van der Waals surface area contributed by atoms with Gasteiger partial charge in [-0.1, -0.05) is 56.0 Å². The van der Waals surface area contributed by atoms with Gasteiger partial charge in [0.25, 0.3) is 0 Å². The first kappa shape index (κ1) is 31.7. The molecular weight excluding hydrogens is 518 g/mol. The Morgan fingerprint density at radius 1 is 1.18 bits per heavy atom. The number of rotatable bonds is 17. The van der Waals surface area contributed by atoms with Gasteiger partial charge in [0.1, 0.15) is 0 Å². The number of hydrogen-bond donors (Lipinski definition) is 2. The third-order valence-electron chi connectivity index (χ3n) is 7.40. The van der Waals surface area contributed by atoms with E-state index in [-0.39, 0.29) is 23.9 Å². The van der Waals surface area contributed by atoms with Gasteiger partial charge >= 0.3 is 6.03 Å². The summed E-state index contributed by atoms with van der Waals surface area (Å²) in [6.45, 7) is 6.72. The van der Waals surface area contributed by atoms with Crippen molar-refractivity contribution >= 4 is 16.1 Å². The normalized spacial score (nSPS) is 19.3. The number of nitrogens with one attached hydrogen (secondary N) is 2. The minimum atomic E-state index is -3.50. The second-order valence-electron chi connectivity index (χ2n) is 10.7. The van der Waals surface area contributed by atoms with Crippen LogP contribution in [-0.4, -0.2) is 86.1 Å². The highest BCUT2D eigenvalue weighted by molar-refractivity contribution is 7.88. The van der Waals surface area contributed by atoms with Gasteiger partial charge in [-0.15, -0.1) is 0 Å². The molecule has 222 valence electrons. The molecule has 2 N–H and O–H groups in total. The van der Waals surface area contributed by atoms with Gasteiger partial charge in [-0.2, -0.15) is 0 Å². The molecule has 11 heteroatoms. The molecule has 1 aliphatic carbocycles. The highest BCUT2D eigenvalue weighted by Crippen LogP contribution is 2.26. The molecule has 0 bridgehead atoms. The van der Waals surface area contributed by atoms with Crippen molar-refractivity contribution in [3.63, 3.8) is 0 Å². The minimum absolute atomic E-state index is 0.0596. The average Bonchev–Trinajstić information content (AvgIpc) is 2.95. The molecule has 1 aromatic heterocycles. The highest BCUT2D eigenvalue weighted by atomic mass is 32.2. The Morgan fingerprint density at radius 2 is 2.00 bits per heavy atom. The maximum Gasteiger partial charge on any atom is 0.315 e. The zero-order valence-corrected chi connectivity index (χ0v) is 24.5. The number of morpholine rings is 1. The molecular formula is C28H49N5O5S. The lowest BCUT2D eigenvalue weighted by molar-refractivity contribution is -0.129. The number of carbonyl (C=O) groups is 1. The lowest BCUT2D eigenvalue weighted by Gasteiger charge is -2.35. The summed E-state index contributed by atoms with van der Waals surface area (Å²) in [5.41, 5.74) is 0.946. The number of pyridine rings is 1. The van der Waals surface area contributed by atoms with Gasteiger partial charge in [0.2, 0.25) is 10.0 Å².